The maximum absolute atomic E-state index is 12.6. The van der Waals surface area contributed by atoms with Crippen LogP contribution in [0.25, 0.3) is 0 Å². The number of quaternary nitrogens is 1. The van der Waals surface area contributed by atoms with Crippen molar-refractivity contribution in [3.05, 3.63) is 34.9 Å². The summed E-state index contributed by atoms with van der Waals surface area (Å²) in [5.41, 5.74) is 0.728. The third kappa shape index (κ3) is 2.16. The highest BCUT2D eigenvalue weighted by Crippen LogP contribution is 2.29. The van der Waals surface area contributed by atoms with Crippen LogP contribution in [-0.4, -0.2) is 71.5 Å². The maximum atomic E-state index is 12.6. The summed E-state index contributed by atoms with van der Waals surface area (Å²) in [5.74, 6) is 0.193. The first kappa shape index (κ1) is 12.7. The molecule has 0 N–H and O–H groups in total. The quantitative estimate of drug-likeness (QED) is 0.614. The van der Waals surface area contributed by atoms with Crippen LogP contribution < -0.4 is 0 Å². The molecule has 4 bridgehead atoms. The van der Waals surface area contributed by atoms with Crippen molar-refractivity contribution in [3.63, 3.8) is 0 Å². The first-order valence-electron chi connectivity index (χ1n) is 6.93. The van der Waals surface area contributed by atoms with E-state index >= 15 is 0 Å². The zero-order valence-corrected chi connectivity index (χ0v) is 12.1. The third-order valence-electron chi connectivity index (χ3n) is 4.33. The number of Topliss-reactive ketones (excluding diaryl/α,β-unsaturated/α-hetero) is 1. The standard InChI is InChI=1S/C14H18ClN4O/c15-13-3-1-2-12(4-13)14(20)5-19-9-16-6-17(10-19)8-18(7-16)11-19/h1-4H,5-11H2/q+1. The smallest absolute Gasteiger partial charge is 0.217 e. The van der Waals surface area contributed by atoms with E-state index in [-0.39, 0.29) is 5.78 Å². The lowest BCUT2D eigenvalue weighted by molar-refractivity contribution is -0.973. The molecule has 0 aliphatic carbocycles. The average molecular weight is 294 g/mol. The molecule has 0 aromatic heterocycles. The van der Waals surface area contributed by atoms with Gasteiger partial charge in [-0.15, -0.1) is 0 Å². The summed E-state index contributed by atoms with van der Waals surface area (Å²) in [7, 11) is 0. The molecule has 0 amide bonds. The molecular weight excluding hydrogens is 276 g/mol. The number of ketones is 1. The fourth-order valence-corrected chi connectivity index (χ4v) is 4.06. The van der Waals surface area contributed by atoms with Gasteiger partial charge in [-0.3, -0.25) is 9.28 Å². The van der Waals surface area contributed by atoms with Gasteiger partial charge in [0.25, 0.3) is 0 Å². The Bertz CT molecular complexity index is 527. The molecule has 5 nitrogen and oxygen atoms in total. The van der Waals surface area contributed by atoms with Gasteiger partial charge >= 0.3 is 0 Å². The minimum Gasteiger partial charge on any atom is -0.288 e. The van der Waals surface area contributed by atoms with E-state index in [0.29, 0.717) is 11.6 Å². The van der Waals surface area contributed by atoms with Crippen molar-refractivity contribution >= 4 is 17.4 Å². The molecule has 0 radical (unpaired) electrons. The van der Waals surface area contributed by atoms with E-state index in [1.165, 1.54) is 0 Å². The SMILES string of the molecule is O=C(C[N+]12CN3CN(CN(C3)C1)C2)c1cccc(Cl)c1. The summed E-state index contributed by atoms with van der Waals surface area (Å²) in [5, 5.41) is 0.630. The second-order valence-electron chi connectivity index (χ2n) is 6.29. The number of nitrogens with zero attached hydrogens (tertiary/aromatic N) is 4. The number of hydrogen-bond donors (Lipinski definition) is 0. The Balaban J connectivity index is 1.55. The van der Waals surface area contributed by atoms with E-state index in [1.807, 2.05) is 12.1 Å². The molecule has 5 rings (SSSR count). The summed E-state index contributed by atoms with van der Waals surface area (Å²) in [6.45, 7) is 6.65. The number of benzene rings is 1. The molecule has 0 atom stereocenters. The van der Waals surface area contributed by atoms with Crippen molar-refractivity contribution in [3.8, 4) is 0 Å². The Kier molecular flexibility index (Phi) is 2.87. The maximum Gasteiger partial charge on any atom is 0.217 e. The molecule has 4 heterocycles. The molecule has 20 heavy (non-hydrogen) atoms. The molecule has 4 aliphatic rings. The monoisotopic (exact) mass is 293 g/mol. The van der Waals surface area contributed by atoms with E-state index in [1.54, 1.807) is 12.1 Å². The van der Waals surface area contributed by atoms with Gasteiger partial charge in [-0.25, -0.2) is 14.7 Å². The number of hydrogen-bond acceptors (Lipinski definition) is 4. The predicted molar refractivity (Wildman–Crippen MR) is 75.6 cm³/mol. The van der Waals surface area contributed by atoms with Crippen LogP contribution in [0.4, 0.5) is 0 Å². The average Bonchev–Trinajstić information content (AvgIpc) is 2.36. The summed E-state index contributed by atoms with van der Waals surface area (Å²) < 4.78 is 0.839. The normalized spacial score (nSPS) is 38.1. The Morgan fingerprint density at radius 2 is 1.70 bits per heavy atom. The van der Waals surface area contributed by atoms with Crippen LogP contribution in [0, 0.1) is 0 Å². The van der Waals surface area contributed by atoms with Crippen LogP contribution in [0.5, 0.6) is 0 Å². The highest BCUT2D eigenvalue weighted by Gasteiger charge is 2.49. The summed E-state index contributed by atoms with van der Waals surface area (Å²) in [6.07, 6.45) is 0. The number of halogens is 1. The van der Waals surface area contributed by atoms with E-state index < -0.39 is 0 Å². The van der Waals surface area contributed by atoms with Gasteiger partial charge in [-0.05, 0) is 12.1 Å². The van der Waals surface area contributed by atoms with Crippen molar-refractivity contribution in [2.45, 2.75) is 0 Å². The van der Waals surface area contributed by atoms with Gasteiger partial charge in [0.15, 0.2) is 0 Å². The molecule has 4 fully saturated rings. The van der Waals surface area contributed by atoms with Gasteiger partial charge in [0, 0.05) is 10.6 Å². The van der Waals surface area contributed by atoms with Crippen LogP contribution in [0.3, 0.4) is 0 Å². The number of rotatable bonds is 3. The van der Waals surface area contributed by atoms with Gasteiger partial charge in [0.1, 0.15) is 26.6 Å². The van der Waals surface area contributed by atoms with Crippen LogP contribution in [0.2, 0.25) is 5.02 Å². The molecule has 0 unspecified atom stereocenters. The largest absolute Gasteiger partial charge is 0.288 e. The second-order valence-corrected chi connectivity index (χ2v) is 6.73. The lowest BCUT2D eigenvalue weighted by atomic mass is 10.1. The summed E-state index contributed by atoms with van der Waals surface area (Å²) >= 11 is 5.98. The first-order valence-corrected chi connectivity index (χ1v) is 7.31. The lowest BCUT2D eigenvalue weighted by Gasteiger charge is -2.60. The highest BCUT2D eigenvalue weighted by molar-refractivity contribution is 6.31. The molecular formula is C14H18ClN4O+. The molecule has 6 heteroatoms. The summed E-state index contributed by atoms with van der Waals surface area (Å²) in [6, 6.07) is 7.29. The summed E-state index contributed by atoms with van der Waals surface area (Å²) in [4.78, 5) is 19.8. The molecule has 0 saturated carbocycles. The molecule has 4 saturated heterocycles. The number of carbonyl (C=O) groups excluding carboxylic acids is 1. The minimum absolute atomic E-state index is 0.193. The Morgan fingerprint density at radius 3 is 2.25 bits per heavy atom. The molecule has 1 aromatic carbocycles. The van der Waals surface area contributed by atoms with Gasteiger partial charge < -0.3 is 0 Å². The minimum atomic E-state index is 0.193. The molecule has 1 aromatic rings. The zero-order valence-electron chi connectivity index (χ0n) is 11.3. The first-order chi connectivity index (χ1) is 9.62. The van der Waals surface area contributed by atoms with Crippen molar-refractivity contribution < 1.29 is 9.28 Å². The number of carbonyl (C=O) groups is 1. The lowest BCUT2D eigenvalue weighted by Crippen LogP contribution is -2.79. The van der Waals surface area contributed by atoms with Crippen molar-refractivity contribution in [2.75, 3.05) is 46.6 Å². The van der Waals surface area contributed by atoms with E-state index in [0.717, 1.165) is 50.1 Å². The molecule has 4 aliphatic heterocycles. The topological polar surface area (TPSA) is 26.8 Å². The van der Waals surface area contributed by atoms with Gasteiger partial charge in [-0.1, -0.05) is 23.7 Å². The fraction of sp³-hybridized carbons (Fsp3) is 0.500. The van der Waals surface area contributed by atoms with Crippen molar-refractivity contribution in [1.29, 1.82) is 0 Å². The van der Waals surface area contributed by atoms with Gasteiger partial charge in [-0.2, -0.15) is 0 Å². The highest BCUT2D eigenvalue weighted by atomic mass is 35.5. The third-order valence-corrected chi connectivity index (χ3v) is 4.56. The Hall–Kier alpha value is -0.980. The second kappa shape index (κ2) is 4.51. The van der Waals surface area contributed by atoms with Crippen molar-refractivity contribution in [1.82, 2.24) is 14.7 Å². The predicted octanol–water partition coefficient (Wildman–Crippen LogP) is 1.03. The zero-order chi connectivity index (χ0) is 13.7. The Morgan fingerprint density at radius 1 is 1.10 bits per heavy atom. The molecule has 0 spiro atoms. The molecule has 106 valence electrons. The van der Waals surface area contributed by atoms with Gasteiger partial charge in [0.05, 0.1) is 20.0 Å². The van der Waals surface area contributed by atoms with Crippen LogP contribution in [0.15, 0.2) is 24.3 Å². The van der Waals surface area contributed by atoms with E-state index in [2.05, 4.69) is 14.7 Å². The van der Waals surface area contributed by atoms with Crippen LogP contribution >= 0.6 is 11.6 Å². The van der Waals surface area contributed by atoms with E-state index in [9.17, 15) is 4.79 Å². The van der Waals surface area contributed by atoms with E-state index in [4.69, 9.17) is 11.6 Å². The van der Waals surface area contributed by atoms with Gasteiger partial charge in [0.2, 0.25) is 5.78 Å². The fourth-order valence-electron chi connectivity index (χ4n) is 3.87. The Labute approximate surface area is 123 Å². The van der Waals surface area contributed by atoms with Crippen LogP contribution in [-0.2, 0) is 0 Å². The van der Waals surface area contributed by atoms with Crippen LogP contribution in [0.1, 0.15) is 10.4 Å². The van der Waals surface area contributed by atoms with Crippen molar-refractivity contribution in [2.24, 2.45) is 0 Å².